The van der Waals surface area contributed by atoms with E-state index in [0.29, 0.717) is 6.04 Å². The van der Waals surface area contributed by atoms with Gasteiger partial charge in [0.2, 0.25) is 0 Å². The van der Waals surface area contributed by atoms with Crippen LogP contribution in [0.25, 0.3) is 10.7 Å². The Bertz CT molecular complexity index is 621. The highest BCUT2D eigenvalue weighted by Crippen LogP contribution is 2.37. The average molecular weight is 300 g/mol. The lowest BCUT2D eigenvalue weighted by Gasteiger charge is -2.37. The summed E-state index contributed by atoms with van der Waals surface area (Å²) in [6, 6.07) is 7.03. The number of imidazole rings is 1. The van der Waals surface area contributed by atoms with Crippen molar-refractivity contribution in [2.45, 2.75) is 44.2 Å². The van der Waals surface area contributed by atoms with Gasteiger partial charge in [0.05, 0.1) is 10.9 Å². The maximum Gasteiger partial charge on any atom is 0.150 e. The van der Waals surface area contributed by atoms with E-state index in [1.165, 1.54) is 4.88 Å². The largest absolute Gasteiger partial charge is 0.327 e. The molecule has 1 aliphatic rings. The van der Waals surface area contributed by atoms with Crippen LogP contribution in [-0.4, -0.2) is 21.6 Å². The third kappa shape index (κ3) is 2.74. The molecule has 110 valence electrons. The van der Waals surface area contributed by atoms with Gasteiger partial charge in [-0.2, -0.15) is 5.26 Å². The molecule has 5 heteroatoms. The van der Waals surface area contributed by atoms with Crippen molar-refractivity contribution in [3.8, 4) is 16.8 Å². The first-order valence-corrected chi connectivity index (χ1v) is 8.39. The number of thiophene rings is 1. The summed E-state index contributed by atoms with van der Waals surface area (Å²) >= 11 is 1.71. The second-order valence-corrected chi connectivity index (χ2v) is 6.56. The molecule has 0 radical (unpaired) electrons. The molecule has 1 N–H and O–H groups in total. The van der Waals surface area contributed by atoms with Crippen molar-refractivity contribution in [2.75, 3.05) is 6.54 Å². The molecule has 0 aliphatic heterocycles. The zero-order valence-electron chi connectivity index (χ0n) is 12.2. The molecule has 1 saturated carbocycles. The average Bonchev–Trinajstić information content (AvgIpc) is 3.18. The van der Waals surface area contributed by atoms with Crippen molar-refractivity contribution < 1.29 is 0 Å². The van der Waals surface area contributed by atoms with Crippen LogP contribution in [0.2, 0.25) is 0 Å². The molecule has 2 atom stereocenters. The van der Waals surface area contributed by atoms with Gasteiger partial charge in [0, 0.05) is 18.4 Å². The lowest BCUT2D eigenvalue weighted by molar-refractivity contribution is 0.235. The van der Waals surface area contributed by atoms with E-state index in [2.05, 4.69) is 51.6 Å². The van der Waals surface area contributed by atoms with Crippen LogP contribution >= 0.6 is 11.3 Å². The Kier molecular flexibility index (Phi) is 4.09. The van der Waals surface area contributed by atoms with Crippen LogP contribution in [0.3, 0.4) is 0 Å². The monoisotopic (exact) mass is 300 g/mol. The molecule has 0 saturated heterocycles. The Balaban J connectivity index is 1.88. The Hall–Kier alpha value is -1.64. The van der Waals surface area contributed by atoms with Gasteiger partial charge < -0.3 is 4.57 Å². The summed E-state index contributed by atoms with van der Waals surface area (Å²) in [5, 5.41) is 15.1. The summed E-state index contributed by atoms with van der Waals surface area (Å²) in [4.78, 5) is 5.71. The molecule has 4 nitrogen and oxygen atoms in total. The van der Waals surface area contributed by atoms with E-state index in [9.17, 15) is 5.26 Å². The van der Waals surface area contributed by atoms with Crippen LogP contribution in [0, 0.1) is 11.3 Å². The first-order valence-electron chi connectivity index (χ1n) is 7.51. The van der Waals surface area contributed by atoms with E-state index >= 15 is 0 Å². The number of rotatable bonds is 4. The molecule has 2 unspecified atom stereocenters. The van der Waals surface area contributed by atoms with Crippen molar-refractivity contribution in [1.29, 1.82) is 5.26 Å². The number of hydrogen-bond donors (Lipinski definition) is 1. The van der Waals surface area contributed by atoms with E-state index in [4.69, 9.17) is 0 Å². The van der Waals surface area contributed by atoms with Crippen LogP contribution in [0.5, 0.6) is 0 Å². The molecule has 1 aliphatic carbocycles. The SMILES string of the molecule is CCNC1(C#N)CCCC(n2ccnc2-c2cccs2)C1. The van der Waals surface area contributed by atoms with Crippen LogP contribution in [0.4, 0.5) is 0 Å². The highest BCUT2D eigenvalue weighted by Gasteiger charge is 2.37. The third-order valence-corrected chi connectivity index (χ3v) is 5.12. The summed E-state index contributed by atoms with van der Waals surface area (Å²) < 4.78 is 2.26. The van der Waals surface area contributed by atoms with Crippen molar-refractivity contribution in [2.24, 2.45) is 0 Å². The summed E-state index contributed by atoms with van der Waals surface area (Å²) in [7, 11) is 0. The lowest BCUT2D eigenvalue weighted by atomic mass is 9.79. The minimum atomic E-state index is -0.380. The molecule has 0 aromatic carbocycles. The van der Waals surface area contributed by atoms with Gasteiger partial charge in [-0.25, -0.2) is 4.98 Å². The van der Waals surface area contributed by atoms with Gasteiger partial charge in [0.15, 0.2) is 0 Å². The minimum Gasteiger partial charge on any atom is -0.327 e. The number of nitrogens with zero attached hydrogens (tertiary/aromatic N) is 3. The molecular formula is C16H20N4S. The molecule has 3 rings (SSSR count). The predicted octanol–water partition coefficient (Wildman–Crippen LogP) is 3.60. The van der Waals surface area contributed by atoms with Crippen molar-refractivity contribution >= 4 is 11.3 Å². The molecule has 21 heavy (non-hydrogen) atoms. The number of hydrogen-bond acceptors (Lipinski definition) is 4. The van der Waals surface area contributed by atoms with E-state index in [-0.39, 0.29) is 5.54 Å². The molecule has 2 heterocycles. The maximum absolute atomic E-state index is 9.61. The minimum absolute atomic E-state index is 0.344. The molecule has 1 fully saturated rings. The molecular weight excluding hydrogens is 280 g/mol. The van der Waals surface area contributed by atoms with E-state index in [1.54, 1.807) is 11.3 Å². The first-order chi connectivity index (χ1) is 10.3. The van der Waals surface area contributed by atoms with E-state index < -0.39 is 0 Å². The summed E-state index contributed by atoms with van der Waals surface area (Å²) in [6.45, 7) is 2.90. The fraction of sp³-hybridized carbons (Fsp3) is 0.500. The van der Waals surface area contributed by atoms with Crippen LogP contribution in [0.1, 0.15) is 38.6 Å². The quantitative estimate of drug-likeness (QED) is 0.938. The molecule has 2 aromatic heterocycles. The fourth-order valence-electron chi connectivity index (χ4n) is 3.33. The van der Waals surface area contributed by atoms with Gasteiger partial charge in [0.25, 0.3) is 0 Å². The third-order valence-electron chi connectivity index (χ3n) is 4.26. The van der Waals surface area contributed by atoms with Gasteiger partial charge in [-0.1, -0.05) is 13.0 Å². The van der Waals surface area contributed by atoms with E-state index in [0.717, 1.165) is 38.1 Å². The fourth-order valence-corrected chi connectivity index (χ4v) is 4.05. The second-order valence-electron chi connectivity index (χ2n) is 5.61. The van der Waals surface area contributed by atoms with Crippen LogP contribution in [-0.2, 0) is 0 Å². The van der Waals surface area contributed by atoms with Crippen molar-refractivity contribution in [3.05, 3.63) is 29.9 Å². The predicted molar refractivity (Wildman–Crippen MR) is 85.1 cm³/mol. The standard InChI is InChI=1S/C16H20N4S/c1-2-19-16(12-17)7-3-5-13(11-16)20-9-8-18-15(20)14-6-4-10-21-14/h4,6,8-10,13,19H,2-3,5,7,11H2,1H3. The van der Waals surface area contributed by atoms with Crippen LogP contribution < -0.4 is 5.32 Å². The highest BCUT2D eigenvalue weighted by atomic mass is 32.1. The Morgan fingerprint density at radius 3 is 3.24 bits per heavy atom. The number of aromatic nitrogens is 2. The van der Waals surface area contributed by atoms with Crippen molar-refractivity contribution in [1.82, 2.24) is 14.9 Å². The van der Waals surface area contributed by atoms with Gasteiger partial charge in [-0.15, -0.1) is 11.3 Å². The lowest BCUT2D eigenvalue weighted by Crippen LogP contribution is -2.47. The van der Waals surface area contributed by atoms with Gasteiger partial charge >= 0.3 is 0 Å². The van der Waals surface area contributed by atoms with Gasteiger partial charge in [-0.3, -0.25) is 5.32 Å². The Morgan fingerprint density at radius 2 is 2.52 bits per heavy atom. The molecule has 0 amide bonds. The molecule has 0 bridgehead atoms. The normalized spacial score (nSPS) is 25.6. The smallest absolute Gasteiger partial charge is 0.150 e. The summed E-state index contributed by atoms with van der Waals surface area (Å²) in [5.74, 6) is 1.03. The van der Waals surface area contributed by atoms with Gasteiger partial charge in [-0.05, 0) is 43.7 Å². The highest BCUT2D eigenvalue weighted by molar-refractivity contribution is 7.13. The number of nitrogens with one attached hydrogen (secondary N) is 1. The van der Waals surface area contributed by atoms with Gasteiger partial charge in [0.1, 0.15) is 11.4 Å². The molecule has 2 aromatic rings. The zero-order chi connectivity index (χ0) is 14.7. The Labute approximate surface area is 129 Å². The van der Waals surface area contributed by atoms with Crippen LogP contribution in [0.15, 0.2) is 29.9 Å². The van der Waals surface area contributed by atoms with E-state index in [1.807, 2.05) is 6.20 Å². The zero-order valence-corrected chi connectivity index (χ0v) is 13.1. The maximum atomic E-state index is 9.61. The summed E-state index contributed by atoms with van der Waals surface area (Å²) in [5.41, 5.74) is -0.380. The molecule has 0 spiro atoms. The first kappa shape index (κ1) is 14.3. The van der Waals surface area contributed by atoms with Crippen molar-refractivity contribution in [3.63, 3.8) is 0 Å². The Morgan fingerprint density at radius 1 is 1.62 bits per heavy atom. The second kappa shape index (κ2) is 6.00. The summed E-state index contributed by atoms with van der Waals surface area (Å²) in [6.07, 6.45) is 7.91. The topological polar surface area (TPSA) is 53.6 Å². The number of nitriles is 1.